The van der Waals surface area contributed by atoms with Gasteiger partial charge in [-0.3, -0.25) is 0 Å². The lowest BCUT2D eigenvalue weighted by Crippen LogP contribution is -2.09. The Kier molecular flexibility index (Phi) is 6.48. The zero-order valence-electron chi connectivity index (χ0n) is 15.7. The van der Waals surface area contributed by atoms with Gasteiger partial charge in [-0.15, -0.1) is 23.7 Å². The summed E-state index contributed by atoms with van der Waals surface area (Å²) in [6, 6.07) is 13.0. The Labute approximate surface area is 181 Å². The van der Waals surface area contributed by atoms with Crippen molar-refractivity contribution in [3.8, 4) is 5.75 Å². The van der Waals surface area contributed by atoms with Crippen molar-refractivity contribution >= 4 is 46.2 Å². The van der Waals surface area contributed by atoms with Gasteiger partial charge in [-0.1, -0.05) is 30.3 Å². The van der Waals surface area contributed by atoms with E-state index in [0.717, 1.165) is 27.4 Å². The number of thiophene rings is 1. The highest BCUT2D eigenvalue weighted by Gasteiger charge is 2.35. The first-order valence-electron chi connectivity index (χ1n) is 8.75. The van der Waals surface area contributed by atoms with Crippen LogP contribution in [0.25, 0.3) is 10.9 Å². The Morgan fingerprint density at radius 1 is 1.07 bits per heavy atom. The van der Waals surface area contributed by atoms with Crippen LogP contribution in [-0.4, -0.2) is 9.97 Å². The van der Waals surface area contributed by atoms with Crippen LogP contribution in [0.15, 0.2) is 60.2 Å². The molecule has 4 nitrogen and oxygen atoms in total. The Bertz CT molecular complexity index is 1150. The number of nitrogens with zero attached hydrogens (tertiary/aromatic N) is 2. The molecule has 9 heteroatoms. The number of aromatic nitrogens is 2. The van der Waals surface area contributed by atoms with Gasteiger partial charge in [0, 0.05) is 15.9 Å². The molecule has 156 valence electrons. The molecule has 2 aromatic carbocycles. The summed E-state index contributed by atoms with van der Waals surface area (Å²) < 4.78 is 46.3. The second kappa shape index (κ2) is 8.89. The Morgan fingerprint density at radius 3 is 2.57 bits per heavy atom. The van der Waals surface area contributed by atoms with Crippen molar-refractivity contribution in [3.63, 3.8) is 0 Å². The summed E-state index contributed by atoms with van der Waals surface area (Å²) in [4.78, 5) is 9.42. The quantitative estimate of drug-likeness (QED) is 0.364. The smallest absolute Gasteiger partial charge is 0.420 e. The molecule has 0 radical (unpaired) electrons. The minimum absolute atomic E-state index is 0. The molecular weight excluding hydrogens is 435 g/mol. The number of alkyl halides is 3. The average Bonchev–Trinajstić information content (AvgIpc) is 3.09. The molecule has 0 saturated heterocycles. The van der Waals surface area contributed by atoms with Crippen LogP contribution in [0.1, 0.15) is 16.0 Å². The molecule has 0 aliphatic rings. The molecule has 0 atom stereocenters. The standard InChI is InChI=1S/C21H16F3N3OS.ClH/c1-13-19-16(11-29-13)20(26-12-25-19)27-15-7-8-18(17(9-15)21(22,23)24)28-10-14-5-3-2-4-6-14;/h2-9,11-12H,10H2,1H3,(H,25,26,27);1H. The highest BCUT2D eigenvalue weighted by molar-refractivity contribution is 7.11. The highest BCUT2D eigenvalue weighted by Crippen LogP contribution is 2.39. The molecule has 0 aliphatic heterocycles. The zero-order valence-corrected chi connectivity index (χ0v) is 17.4. The van der Waals surface area contributed by atoms with Crippen LogP contribution >= 0.6 is 23.7 Å². The molecule has 0 amide bonds. The van der Waals surface area contributed by atoms with E-state index in [4.69, 9.17) is 4.74 Å². The summed E-state index contributed by atoms with van der Waals surface area (Å²) in [5.74, 6) is 0.247. The molecule has 0 saturated carbocycles. The van der Waals surface area contributed by atoms with E-state index in [1.807, 2.05) is 30.5 Å². The van der Waals surface area contributed by atoms with Crippen molar-refractivity contribution in [2.75, 3.05) is 5.32 Å². The number of benzene rings is 2. The number of halogens is 4. The number of rotatable bonds is 5. The third-order valence-electron chi connectivity index (χ3n) is 4.36. The van der Waals surface area contributed by atoms with Crippen molar-refractivity contribution in [3.05, 3.63) is 76.2 Å². The van der Waals surface area contributed by atoms with Gasteiger partial charge in [0.05, 0.1) is 16.5 Å². The Balaban J connectivity index is 0.00000256. The normalized spacial score (nSPS) is 11.2. The maximum Gasteiger partial charge on any atom is 0.420 e. The fraction of sp³-hybridized carbons (Fsp3) is 0.143. The SMILES string of the molecule is Cc1scc2c(Nc3ccc(OCc4ccccc4)c(C(F)(F)F)c3)ncnc12.Cl. The molecule has 4 aromatic rings. The van der Waals surface area contributed by atoms with Gasteiger partial charge >= 0.3 is 6.18 Å². The maximum absolute atomic E-state index is 13.6. The molecule has 4 rings (SSSR count). The third kappa shape index (κ3) is 4.66. The molecule has 30 heavy (non-hydrogen) atoms. The van der Waals surface area contributed by atoms with E-state index in [9.17, 15) is 13.2 Å². The van der Waals surface area contributed by atoms with E-state index < -0.39 is 11.7 Å². The molecule has 0 fully saturated rings. The fourth-order valence-electron chi connectivity index (χ4n) is 2.92. The molecule has 2 aromatic heterocycles. The number of hydrogen-bond donors (Lipinski definition) is 1. The molecule has 1 N–H and O–H groups in total. The van der Waals surface area contributed by atoms with Crippen LogP contribution < -0.4 is 10.1 Å². The van der Waals surface area contributed by atoms with Crippen LogP contribution in [0.3, 0.4) is 0 Å². The zero-order chi connectivity index (χ0) is 20.4. The summed E-state index contributed by atoms with van der Waals surface area (Å²) in [6.45, 7) is 1.99. The Hall–Kier alpha value is -2.84. The van der Waals surface area contributed by atoms with Gasteiger partial charge in [-0.25, -0.2) is 9.97 Å². The molecule has 0 unspecified atom stereocenters. The molecule has 0 aliphatic carbocycles. The first kappa shape index (κ1) is 21.9. The summed E-state index contributed by atoms with van der Waals surface area (Å²) >= 11 is 1.51. The van der Waals surface area contributed by atoms with Crippen LogP contribution in [0, 0.1) is 6.92 Å². The predicted octanol–water partition coefficient (Wildman–Crippen LogP) is 6.76. The van der Waals surface area contributed by atoms with Gasteiger partial charge in [0.15, 0.2) is 0 Å². The molecule has 2 heterocycles. The summed E-state index contributed by atoms with van der Waals surface area (Å²) in [6.07, 6.45) is -3.16. The summed E-state index contributed by atoms with van der Waals surface area (Å²) in [5.41, 5.74) is 1.00. The van der Waals surface area contributed by atoms with Crippen LogP contribution in [0.5, 0.6) is 5.75 Å². The summed E-state index contributed by atoms with van der Waals surface area (Å²) in [5, 5.41) is 5.63. The minimum atomic E-state index is -4.55. The van der Waals surface area contributed by atoms with Crippen molar-refractivity contribution < 1.29 is 17.9 Å². The number of fused-ring (bicyclic) bond motifs is 1. The second-order valence-electron chi connectivity index (χ2n) is 6.38. The lowest BCUT2D eigenvalue weighted by atomic mass is 10.1. The molecule has 0 spiro atoms. The summed E-state index contributed by atoms with van der Waals surface area (Å²) in [7, 11) is 0. The maximum atomic E-state index is 13.6. The van der Waals surface area contributed by atoms with E-state index in [1.165, 1.54) is 23.7 Å². The minimum Gasteiger partial charge on any atom is -0.488 e. The van der Waals surface area contributed by atoms with Crippen molar-refractivity contribution in [2.24, 2.45) is 0 Å². The molecule has 0 bridgehead atoms. The van der Waals surface area contributed by atoms with Gasteiger partial charge in [-0.2, -0.15) is 13.2 Å². The van der Waals surface area contributed by atoms with Gasteiger partial charge in [0.1, 0.15) is 24.5 Å². The largest absolute Gasteiger partial charge is 0.488 e. The van der Waals surface area contributed by atoms with Crippen molar-refractivity contribution in [2.45, 2.75) is 19.7 Å². The Morgan fingerprint density at radius 2 is 1.83 bits per heavy atom. The fourth-order valence-corrected chi connectivity index (χ4v) is 3.71. The topological polar surface area (TPSA) is 47.0 Å². The number of nitrogens with one attached hydrogen (secondary N) is 1. The van der Waals surface area contributed by atoms with Gasteiger partial charge in [0.25, 0.3) is 0 Å². The second-order valence-corrected chi connectivity index (χ2v) is 7.47. The first-order chi connectivity index (χ1) is 13.9. The van der Waals surface area contributed by atoms with E-state index >= 15 is 0 Å². The number of anilines is 2. The average molecular weight is 452 g/mol. The lowest BCUT2D eigenvalue weighted by Gasteiger charge is -2.16. The molecular formula is C21H17ClF3N3OS. The van der Waals surface area contributed by atoms with Gasteiger partial charge < -0.3 is 10.1 Å². The van der Waals surface area contributed by atoms with E-state index in [1.54, 1.807) is 18.2 Å². The first-order valence-corrected chi connectivity index (χ1v) is 9.63. The monoisotopic (exact) mass is 451 g/mol. The number of aryl methyl sites for hydroxylation is 1. The van der Waals surface area contributed by atoms with Crippen LogP contribution in [0.4, 0.5) is 24.7 Å². The van der Waals surface area contributed by atoms with Gasteiger partial charge in [0.2, 0.25) is 0 Å². The number of ether oxygens (including phenoxy) is 1. The number of hydrogen-bond acceptors (Lipinski definition) is 5. The lowest BCUT2D eigenvalue weighted by molar-refractivity contribution is -0.139. The van der Waals surface area contributed by atoms with E-state index in [2.05, 4.69) is 15.3 Å². The van der Waals surface area contributed by atoms with E-state index in [-0.39, 0.29) is 30.5 Å². The van der Waals surface area contributed by atoms with Crippen molar-refractivity contribution in [1.29, 1.82) is 0 Å². The van der Waals surface area contributed by atoms with Crippen LogP contribution in [0.2, 0.25) is 0 Å². The highest BCUT2D eigenvalue weighted by atomic mass is 35.5. The van der Waals surface area contributed by atoms with Gasteiger partial charge in [-0.05, 0) is 30.7 Å². The third-order valence-corrected chi connectivity index (χ3v) is 5.26. The van der Waals surface area contributed by atoms with Crippen LogP contribution in [-0.2, 0) is 12.8 Å². The van der Waals surface area contributed by atoms with Crippen molar-refractivity contribution in [1.82, 2.24) is 9.97 Å². The predicted molar refractivity (Wildman–Crippen MR) is 115 cm³/mol. The van der Waals surface area contributed by atoms with E-state index in [0.29, 0.717) is 5.82 Å².